The molecule has 0 aromatic rings. The van der Waals surface area contributed by atoms with Crippen molar-refractivity contribution in [3.8, 4) is 0 Å². The summed E-state index contributed by atoms with van der Waals surface area (Å²) >= 11 is 0. The van der Waals surface area contributed by atoms with Gasteiger partial charge in [-0.05, 0) is 38.6 Å². The maximum Gasteiger partial charge on any atom is 0.147 e. The molecule has 0 aliphatic rings. The zero-order valence-corrected chi connectivity index (χ0v) is 11.4. The fraction of sp³-hybridized carbons (Fsp3) is 1.00. The molecule has 3 nitrogen and oxygen atoms in total. The highest BCUT2D eigenvalue weighted by Crippen LogP contribution is 2.21. The van der Waals surface area contributed by atoms with Crippen LogP contribution in [0.4, 0.5) is 0 Å². The van der Waals surface area contributed by atoms with E-state index in [9.17, 15) is 8.42 Å². The van der Waals surface area contributed by atoms with E-state index in [4.69, 9.17) is 0 Å². The van der Waals surface area contributed by atoms with E-state index in [-0.39, 0.29) is 0 Å². The molecule has 0 aliphatic carbocycles. The molecule has 2 atom stereocenters. The smallest absolute Gasteiger partial charge is 0.147 e. The Bertz CT molecular complexity index is 260. The highest BCUT2D eigenvalue weighted by molar-refractivity contribution is 7.90. The molecule has 0 spiro atoms. The van der Waals surface area contributed by atoms with Crippen LogP contribution in [-0.2, 0) is 9.84 Å². The molecular formula is C11H25NO2S. The van der Waals surface area contributed by atoms with Crippen molar-refractivity contribution in [1.29, 1.82) is 0 Å². The Balaban J connectivity index is 4.09. The Morgan fingerprint density at radius 3 is 2.07 bits per heavy atom. The Hall–Kier alpha value is -0.0900. The fourth-order valence-electron chi connectivity index (χ4n) is 1.96. The van der Waals surface area contributed by atoms with Gasteiger partial charge >= 0.3 is 0 Å². The standard InChI is InChI=1S/C11H25NO2S/c1-9(2)11(10(3)12-4)7-6-8-15(5,13)14/h9-12H,6-8H2,1-5H3. The van der Waals surface area contributed by atoms with E-state index in [2.05, 4.69) is 26.1 Å². The van der Waals surface area contributed by atoms with E-state index in [1.807, 2.05) is 7.05 Å². The van der Waals surface area contributed by atoms with Gasteiger partial charge in [0.25, 0.3) is 0 Å². The molecule has 0 radical (unpaired) electrons. The van der Waals surface area contributed by atoms with Crippen molar-refractivity contribution in [2.45, 2.75) is 39.7 Å². The van der Waals surface area contributed by atoms with Crippen LogP contribution in [0.15, 0.2) is 0 Å². The van der Waals surface area contributed by atoms with E-state index >= 15 is 0 Å². The van der Waals surface area contributed by atoms with Crippen molar-refractivity contribution in [1.82, 2.24) is 5.32 Å². The van der Waals surface area contributed by atoms with Crippen LogP contribution in [0.3, 0.4) is 0 Å². The van der Waals surface area contributed by atoms with Crippen LogP contribution in [0, 0.1) is 11.8 Å². The first-order valence-corrected chi connectivity index (χ1v) is 7.69. The first-order chi connectivity index (χ1) is 6.78. The van der Waals surface area contributed by atoms with Crippen molar-refractivity contribution >= 4 is 9.84 Å². The Labute approximate surface area is 94.6 Å². The maximum absolute atomic E-state index is 11.0. The maximum atomic E-state index is 11.0. The van der Waals surface area contributed by atoms with Crippen molar-refractivity contribution in [3.63, 3.8) is 0 Å². The lowest BCUT2D eigenvalue weighted by Crippen LogP contribution is -2.33. The molecule has 92 valence electrons. The van der Waals surface area contributed by atoms with Gasteiger partial charge in [-0.3, -0.25) is 0 Å². The summed E-state index contributed by atoms with van der Waals surface area (Å²) in [7, 11) is -0.843. The Morgan fingerprint density at radius 1 is 1.20 bits per heavy atom. The average molecular weight is 235 g/mol. The molecule has 0 aromatic carbocycles. The molecule has 0 saturated heterocycles. The summed E-state index contributed by atoms with van der Waals surface area (Å²) in [6, 6.07) is 0.449. The molecule has 15 heavy (non-hydrogen) atoms. The van der Waals surface area contributed by atoms with Crippen LogP contribution in [0.5, 0.6) is 0 Å². The topological polar surface area (TPSA) is 46.2 Å². The van der Waals surface area contributed by atoms with Gasteiger partial charge < -0.3 is 5.32 Å². The third-order valence-corrected chi connectivity index (χ3v) is 4.04. The van der Waals surface area contributed by atoms with Gasteiger partial charge in [0.05, 0.1) is 0 Å². The minimum Gasteiger partial charge on any atom is -0.317 e. The van der Waals surface area contributed by atoms with E-state index in [1.54, 1.807) is 0 Å². The number of hydrogen-bond donors (Lipinski definition) is 1. The van der Waals surface area contributed by atoms with Crippen molar-refractivity contribution < 1.29 is 8.42 Å². The van der Waals surface area contributed by atoms with Gasteiger partial charge in [0, 0.05) is 18.1 Å². The zero-order valence-electron chi connectivity index (χ0n) is 10.6. The quantitative estimate of drug-likeness (QED) is 0.730. The monoisotopic (exact) mass is 235 g/mol. The van der Waals surface area contributed by atoms with Gasteiger partial charge in [-0.25, -0.2) is 8.42 Å². The van der Waals surface area contributed by atoms with Crippen LogP contribution in [-0.4, -0.2) is 33.5 Å². The number of nitrogens with one attached hydrogen (secondary N) is 1. The van der Waals surface area contributed by atoms with Gasteiger partial charge in [-0.1, -0.05) is 13.8 Å². The molecule has 0 rings (SSSR count). The predicted octanol–water partition coefficient (Wildman–Crippen LogP) is 1.69. The van der Waals surface area contributed by atoms with Gasteiger partial charge in [-0.15, -0.1) is 0 Å². The summed E-state index contributed by atoms with van der Waals surface area (Å²) in [5.41, 5.74) is 0. The second kappa shape index (κ2) is 6.48. The summed E-state index contributed by atoms with van der Waals surface area (Å²) in [6.45, 7) is 6.54. The average Bonchev–Trinajstić information content (AvgIpc) is 2.09. The largest absolute Gasteiger partial charge is 0.317 e. The normalized spacial score (nSPS) is 16.7. The molecule has 0 bridgehead atoms. The van der Waals surface area contributed by atoms with Gasteiger partial charge in [-0.2, -0.15) is 0 Å². The van der Waals surface area contributed by atoms with Gasteiger partial charge in [0.2, 0.25) is 0 Å². The third-order valence-electron chi connectivity index (χ3n) is 3.01. The molecule has 0 aromatic heterocycles. The first kappa shape index (κ1) is 14.9. The number of sulfone groups is 1. The highest BCUT2D eigenvalue weighted by Gasteiger charge is 2.19. The summed E-state index contributed by atoms with van der Waals surface area (Å²) in [5, 5.41) is 3.24. The lowest BCUT2D eigenvalue weighted by Gasteiger charge is -2.27. The van der Waals surface area contributed by atoms with Gasteiger partial charge in [0.1, 0.15) is 9.84 Å². The lowest BCUT2D eigenvalue weighted by atomic mass is 9.86. The Morgan fingerprint density at radius 2 is 1.73 bits per heavy atom. The first-order valence-electron chi connectivity index (χ1n) is 5.63. The molecule has 2 unspecified atom stereocenters. The minimum absolute atomic E-state index is 0.312. The van der Waals surface area contributed by atoms with Crippen LogP contribution >= 0.6 is 0 Å². The predicted molar refractivity (Wildman–Crippen MR) is 65.8 cm³/mol. The third kappa shape index (κ3) is 6.90. The fourth-order valence-corrected chi connectivity index (χ4v) is 2.65. The number of rotatable bonds is 7. The van der Waals surface area contributed by atoms with Crippen LogP contribution in [0.1, 0.15) is 33.6 Å². The van der Waals surface area contributed by atoms with Crippen molar-refractivity contribution in [3.05, 3.63) is 0 Å². The summed E-state index contributed by atoms with van der Waals surface area (Å²) in [5.74, 6) is 1.45. The van der Waals surface area contributed by atoms with E-state index in [1.165, 1.54) is 6.26 Å². The molecule has 0 aliphatic heterocycles. The van der Waals surface area contributed by atoms with Crippen molar-refractivity contribution in [2.75, 3.05) is 19.1 Å². The second-order valence-electron chi connectivity index (χ2n) is 4.76. The van der Waals surface area contributed by atoms with E-state index < -0.39 is 9.84 Å². The van der Waals surface area contributed by atoms with Gasteiger partial charge in [0.15, 0.2) is 0 Å². The van der Waals surface area contributed by atoms with E-state index in [0.29, 0.717) is 23.6 Å². The summed E-state index contributed by atoms with van der Waals surface area (Å²) < 4.78 is 22.0. The highest BCUT2D eigenvalue weighted by atomic mass is 32.2. The summed E-state index contributed by atoms with van der Waals surface area (Å²) in [6.07, 6.45) is 3.05. The molecule has 0 heterocycles. The van der Waals surface area contributed by atoms with Crippen LogP contribution in [0.2, 0.25) is 0 Å². The molecule has 0 saturated carbocycles. The van der Waals surface area contributed by atoms with Crippen molar-refractivity contribution in [2.24, 2.45) is 11.8 Å². The van der Waals surface area contributed by atoms with E-state index in [0.717, 1.165) is 12.8 Å². The van der Waals surface area contributed by atoms with Crippen LogP contribution in [0.25, 0.3) is 0 Å². The number of hydrogen-bond acceptors (Lipinski definition) is 3. The molecule has 4 heteroatoms. The SMILES string of the molecule is CNC(C)C(CCCS(C)(=O)=O)C(C)C. The summed E-state index contributed by atoms with van der Waals surface area (Å²) in [4.78, 5) is 0. The zero-order chi connectivity index (χ0) is 12.1. The molecular weight excluding hydrogens is 210 g/mol. The second-order valence-corrected chi connectivity index (χ2v) is 7.02. The lowest BCUT2D eigenvalue weighted by molar-refractivity contribution is 0.282. The molecule has 1 N–H and O–H groups in total. The molecule has 0 fully saturated rings. The minimum atomic E-state index is -2.80. The molecule has 0 amide bonds. The Kier molecular flexibility index (Phi) is 6.44. The van der Waals surface area contributed by atoms with Crippen LogP contribution < -0.4 is 5.32 Å².